The number of benzene rings is 2. The fourth-order valence-electron chi connectivity index (χ4n) is 2.36. The molecule has 0 fully saturated rings. The molecule has 0 bridgehead atoms. The van der Waals surface area contributed by atoms with Gasteiger partial charge in [0, 0.05) is 17.6 Å². The van der Waals surface area contributed by atoms with Crippen LogP contribution in [-0.2, 0) is 0 Å². The number of hydrogen-bond acceptors (Lipinski definition) is 3. The number of aliphatic hydroxyl groups excluding tert-OH is 1. The van der Waals surface area contributed by atoms with Gasteiger partial charge in [0.25, 0.3) is 0 Å². The minimum Gasteiger partial charge on any atom is -0.491 e. The van der Waals surface area contributed by atoms with E-state index in [2.05, 4.69) is 43.4 Å². The van der Waals surface area contributed by atoms with Gasteiger partial charge in [0.2, 0.25) is 0 Å². The Morgan fingerprint density at radius 1 is 1.08 bits per heavy atom. The Labute approximate surface area is 155 Å². The van der Waals surface area contributed by atoms with Gasteiger partial charge in [-0.05, 0) is 43.2 Å². The molecule has 0 amide bonds. The Kier molecular flexibility index (Phi) is 9.16. The van der Waals surface area contributed by atoms with E-state index < -0.39 is 6.10 Å². The van der Waals surface area contributed by atoms with Crippen LogP contribution in [0.5, 0.6) is 5.75 Å². The van der Waals surface area contributed by atoms with Crippen molar-refractivity contribution in [3.05, 3.63) is 64.7 Å². The summed E-state index contributed by atoms with van der Waals surface area (Å²) in [6, 6.07) is 15.9. The van der Waals surface area contributed by atoms with E-state index in [-0.39, 0.29) is 25.1 Å². The predicted molar refractivity (Wildman–Crippen MR) is 102 cm³/mol. The van der Waals surface area contributed by atoms with E-state index >= 15 is 0 Å². The summed E-state index contributed by atoms with van der Waals surface area (Å²) < 4.78 is 5.56. The molecule has 132 valence electrons. The monoisotopic (exact) mass is 369 g/mol. The van der Waals surface area contributed by atoms with E-state index in [1.807, 2.05) is 0 Å². The zero-order valence-corrected chi connectivity index (χ0v) is 15.6. The van der Waals surface area contributed by atoms with Gasteiger partial charge in [-0.25, -0.2) is 0 Å². The SMILES string of the molecule is CCC(NCC(O)COc1ccc(Cl)cc1)c1ccc(C)cc1.Cl. The average molecular weight is 370 g/mol. The quantitative estimate of drug-likeness (QED) is 0.716. The molecular formula is C19H25Cl2NO2. The zero-order valence-electron chi connectivity index (χ0n) is 14.0. The minimum absolute atomic E-state index is 0. The smallest absolute Gasteiger partial charge is 0.119 e. The van der Waals surface area contributed by atoms with Gasteiger partial charge in [-0.1, -0.05) is 48.4 Å². The number of nitrogens with one attached hydrogen (secondary N) is 1. The highest BCUT2D eigenvalue weighted by molar-refractivity contribution is 6.30. The molecule has 0 radical (unpaired) electrons. The minimum atomic E-state index is -0.565. The largest absolute Gasteiger partial charge is 0.491 e. The average Bonchev–Trinajstić information content (AvgIpc) is 2.56. The van der Waals surface area contributed by atoms with E-state index in [4.69, 9.17) is 16.3 Å². The molecule has 0 spiro atoms. The van der Waals surface area contributed by atoms with Crippen LogP contribution in [-0.4, -0.2) is 24.4 Å². The maximum atomic E-state index is 10.1. The summed E-state index contributed by atoms with van der Waals surface area (Å²) >= 11 is 5.83. The van der Waals surface area contributed by atoms with Crippen LogP contribution in [0.15, 0.2) is 48.5 Å². The van der Waals surface area contributed by atoms with E-state index in [0.717, 1.165) is 6.42 Å². The van der Waals surface area contributed by atoms with Crippen molar-refractivity contribution < 1.29 is 9.84 Å². The topological polar surface area (TPSA) is 41.5 Å². The molecule has 2 aromatic rings. The first-order valence-corrected chi connectivity index (χ1v) is 8.32. The van der Waals surface area contributed by atoms with E-state index in [9.17, 15) is 5.11 Å². The molecule has 2 N–H and O–H groups in total. The second-order valence-corrected chi connectivity index (χ2v) is 6.13. The Balaban J connectivity index is 0.00000288. The number of rotatable bonds is 8. The van der Waals surface area contributed by atoms with Crippen molar-refractivity contribution in [2.45, 2.75) is 32.4 Å². The Bertz CT molecular complexity index is 587. The van der Waals surface area contributed by atoms with Crippen molar-refractivity contribution >= 4 is 24.0 Å². The van der Waals surface area contributed by atoms with Crippen molar-refractivity contribution in [1.82, 2.24) is 5.32 Å². The van der Waals surface area contributed by atoms with E-state index in [1.165, 1.54) is 11.1 Å². The molecule has 0 aliphatic heterocycles. The van der Waals surface area contributed by atoms with Crippen LogP contribution in [0.3, 0.4) is 0 Å². The summed E-state index contributed by atoms with van der Waals surface area (Å²) in [6.45, 7) is 4.95. The molecule has 3 nitrogen and oxygen atoms in total. The van der Waals surface area contributed by atoms with Crippen molar-refractivity contribution in [2.24, 2.45) is 0 Å². The standard InChI is InChI=1S/C19H24ClNO2.ClH/c1-3-19(15-6-4-14(2)5-7-15)21-12-17(22)13-23-18-10-8-16(20)9-11-18;/h4-11,17,19,21-22H,3,12-13H2,1-2H3;1H. The molecule has 2 atom stereocenters. The molecule has 0 heterocycles. The molecule has 2 unspecified atom stereocenters. The van der Waals surface area contributed by atoms with Crippen LogP contribution >= 0.6 is 24.0 Å². The molecule has 0 aliphatic carbocycles. The first kappa shape index (κ1) is 20.8. The molecule has 24 heavy (non-hydrogen) atoms. The maximum absolute atomic E-state index is 10.1. The first-order valence-electron chi connectivity index (χ1n) is 7.95. The third kappa shape index (κ3) is 6.70. The van der Waals surface area contributed by atoms with E-state index in [1.54, 1.807) is 24.3 Å². The van der Waals surface area contributed by atoms with Gasteiger partial charge in [-0.2, -0.15) is 0 Å². The van der Waals surface area contributed by atoms with Crippen molar-refractivity contribution in [3.8, 4) is 5.75 Å². The lowest BCUT2D eigenvalue weighted by Gasteiger charge is -2.20. The lowest BCUT2D eigenvalue weighted by Crippen LogP contribution is -2.33. The zero-order chi connectivity index (χ0) is 16.7. The van der Waals surface area contributed by atoms with Crippen LogP contribution in [0.4, 0.5) is 0 Å². The van der Waals surface area contributed by atoms with Gasteiger partial charge < -0.3 is 15.2 Å². The van der Waals surface area contributed by atoms with Gasteiger partial charge >= 0.3 is 0 Å². The van der Waals surface area contributed by atoms with Crippen LogP contribution in [0.2, 0.25) is 5.02 Å². The van der Waals surface area contributed by atoms with Crippen molar-refractivity contribution in [3.63, 3.8) is 0 Å². The summed E-state index contributed by atoms with van der Waals surface area (Å²) in [4.78, 5) is 0. The second kappa shape index (κ2) is 10.6. The lowest BCUT2D eigenvalue weighted by atomic mass is 10.0. The normalized spacial score (nSPS) is 13.0. The van der Waals surface area contributed by atoms with E-state index in [0.29, 0.717) is 17.3 Å². The predicted octanol–water partition coefficient (Wildman–Crippen LogP) is 4.55. The van der Waals surface area contributed by atoms with Gasteiger partial charge in [0.05, 0.1) is 0 Å². The Hall–Kier alpha value is -1.26. The highest BCUT2D eigenvalue weighted by Gasteiger charge is 2.12. The second-order valence-electron chi connectivity index (χ2n) is 5.70. The fraction of sp³-hybridized carbons (Fsp3) is 0.368. The third-order valence-corrected chi connectivity index (χ3v) is 4.00. The van der Waals surface area contributed by atoms with Gasteiger partial charge in [-0.15, -0.1) is 12.4 Å². The van der Waals surface area contributed by atoms with Crippen LogP contribution < -0.4 is 10.1 Å². The highest BCUT2D eigenvalue weighted by Crippen LogP contribution is 2.18. The molecule has 2 rings (SSSR count). The molecule has 0 saturated carbocycles. The van der Waals surface area contributed by atoms with Crippen molar-refractivity contribution in [1.29, 1.82) is 0 Å². The lowest BCUT2D eigenvalue weighted by molar-refractivity contribution is 0.103. The van der Waals surface area contributed by atoms with Gasteiger partial charge in [0.15, 0.2) is 0 Å². The number of hydrogen-bond donors (Lipinski definition) is 2. The number of halogens is 2. The van der Waals surface area contributed by atoms with Crippen molar-refractivity contribution in [2.75, 3.05) is 13.2 Å². The van der Waals surface area contributed by atoms with Crippen LogP contribution in [0, 0.1) is 6.92 Å². The summed E-state index contributed by atoms with van der Waals surface area (Å²) in [5, 5.41) is 14.2. The molecular weight excluding hydrogens is 345 g/mol. The molecule has 0 aromatic heterocycles. The molecule has 0 aliphatic rings. The van der Waals surface area contributed by atoms with Gasteiger partial charge in [-0.3, -0.25) is 0 Å². The molecule has 5 heteroatoms. The highest BCUT2D eigenvalue weighted by atomic mass is 35.5. The van der Waals surface area contributed by atoms with Crippen LogP contribution in [0.25, 0.3) is 0 Å². The molecule has 2 aromatic carbocycles. The fourth-order valence-corrected chi connectivity index (χ4v) is 2.48. The van der Waals surface area contributed by atoms with Gasteiger partial charge in [0.1, 0.15) is 18.5 Å². The number of aliphatic hydroxyl groups is 1. The maximum Gasteiger partial charge on any atom is 0.119 e. The summed E-state index contributed by atoms with van der Waals surface area (Å²) in [7, 11) is 0. The summed E-state index contributed by atoms with van der Waals surface area (Å²) in [5.74, 6) is 0.707. The number of aryl methyl sites for hydroxylation is 1. The van der Waals surface area contributed by atoms with Crippen LogP contribution in [0.1, 0.15) is 30.5 Å². The summed E-state index contributed by atoms with van der Waals surface area (Å²) in [5.41, 5.74) is 2.49. The molecule has 0 saturated heterocycles. The Morgan fingerprint density at radius 3 is 2.29 bits per heavy atom. The first-order chi connectivity index (χ1) is 11.1. The third-order valence-electron chi connectivity index (χ3n) is 3.74. The number of ether oxygens (including phenoxy) is 1. The Morgan fingerprint density at radius 2 is 1.71 bits per heavy atom. The summed E-state index contributed by atoms with van der Waals surface area (Å²) in [6.07, 6.45) is 0.401.